The van der Waals surface area contributed by atoms with E-state index < -0.39 is 5.60 Å². The average molecular weight is 271 g/mol. The monoisotopic (exact) mass is 271 g/mol. The van der Waals surface area contributed by atoms with E-state index in [9.17, 15) is 5.11 Å². The van der Waals surface area contributed by atoms with Crippen LogP contribution in [0.1, 0.15) is 91.4 Å². The minimum atomic E-state index is -0.518. The maximum Gasteiger partial charge on any atom is 0.0743 e. The fourth-order valence-corrected chi connectivity index (χ4v) is 2.48. The molecule has 2 N–H and O–H groups in total. The van der Waals surface area contributed by atoms with Gasteiger partial charge in [-0.15, -0.1) is 0 Å². The van der Waals surface area contributed by atoms with Crippen molar-refractivity contribution in [1.82, 2.24) is 5.32 Å². The first-order valence-corrected chi connectivity index (χ1v) is 8.55. The van der Waals surface area contributed by atoms with E-state index in [0.29, 0.717) is 0 Å². The highest BCUT2D eigenvalue weighted by molar-refractivity contribution is 4.74. The number of hydrogen-bond donors (Lipinski definition) is 2. The van der Waals surface area contributed by atoms with Gasteiger partial charge in [-0.05, 0) is 19.9 Å². The molecule has 116 valence electrons. The van der Waals surface area contributed by atoms with Gasteiger partial charge in [0.2, 0.25) is 0 Å². The first kappa shape index (κ1) is 18.9. The molecule has 0 bridgehead atoms. The van der Waals surface area contributed by atoms with E-state index in [0.717, 1.165) is 25.9 Å². The Labute approximate surface area is 121 Å². The molecule has 0 aliphatic heterocycles. The van der Waals surface area contributed by atoms with Crippen LogP contribution in [-0.2, 0) is 0 Å². The van der Waals surface area contributed by atoms with Crippen LogP contribution >= 0.6 is 0 Å². The molecule has 0 aliphatic rings. The molecule has 2 heteroatoms. The van der Waals surface area contributed by atoms with Gasteiger partial charge in [0.15, 0.2) is 0 Å². The normalized spacial score (nSPS) is 14.5. The average Bonchev–Trinajstić information content (AvgIpc) is 2.38. The molecule has 1 unspecified atom stereocenters. The molecule has 0 saturated carbocycles. The predicted molar refractivity (Wildman–Crippen MR) is 85.6 cm³/mol. The number of hydrogen-bond acceptors (Lipinski definition) is 2. The summed E-state index contributed by atoms with van der Waals surface area (Å²) in [6.45, 7) is 7.96. The van der Waals surface area contributed by atoms with Crippen molar-refractivity contribution in [2.75, 3.05) is 13.1 Å². The number of aliphatic hydroxyl groups is 1. The van der Waals surface area contributed by atoms with E-state index in [1.165, 1.54) is 57.8 Å². The van der Waals surface area contributed by atoms with Gasteiger partial charge < -0.3 is 10.4 Å². The first-order chi connectivity index (χ1) is 9.12. The lowest BCUT2D eigenvalue weighted by Crippen LogP contribution is -2.37. The Morgan fingerprint density at radius 3 is 1.74 bits per heavy atom. The molecule has 0 amide bonds. The van der Waals surface area contributed by atoms with Gasteiger partial charge >= 0.3 is 0 Å². The fraction of sp³-hybridized carbons (Fsp3) is 1.00. The summed E-state index contributed by atoms with van der Waals surface area (Å²) in [6, 6.07) is 0. The second-order valence-electron chi connectivity index (χ2n) is 6.21. The van der Waals surface area contributed by atoms with Crippen molar-refractivity contribution < 1.29 is 5.11 Å². The van der Waals surface area contributed by atoms with Crippen molar-refractivity contribution in [1.29, 1.82) is 0 Å². The van der Waals surface area contributed by atoms with E-state index in [2.05, 4.69) is 19.2 Å². The summed E-state index contributed by atoms with van der Waals surface area (Å²) in [5.74, 6) is 0. The molecule has 2 nitrogen and oxygen atoms in total. The lowest BCUT2D eigenvalue weighted by atomic mass is 9.97. The van der Waals surface area contributed by atoms with Gasteiger partial charge in [0, 0.05) is 6.54 Å². The first-order valence-electron chi connectivity index (χ1n) is 8.55. The molecule has 0 saturated heterocycles. The van der Waals surface area contributed by atoms with Crippen molar-refractivity contribution in [3.63, 3.8) is 0 Å². The van der Waals surface area contributed by atoms with E-state index in [4.69, 9.17) is 0 Å². The van der Waals surface area contributed by atoms with Gasteiger partial charge in [0.25, 0.3) is 0 Å². The zero-order valence-corrected chi connectivity index (χ0v) is 13.6. The molecule has 0 rings (SSSR count). The van der Waals surface area contributed by atoms with Crippen LogP contribution in [0.15, 0.2) is 0 Å². The third-order valence-electron chi connectivity index (χ3n) is 3.82. The molecular weight excluding hydrogens is 234 g/mol. The molecule has 0 spiro atoms. The largest absolute Gasteiger partial charge is 0.389 e. The summed E-state index contributed by atoms with van der Waals surface area (Å²) in [4.78, 5) is 0. The Morgan fingerprint density at radius 1 is 0.789 bits per heavy atom. The summed E-state index contributed by atoms with van der Waals surface area (Å²) in [6.07, 6.45) is 14.5. The Kier molecular flexibility index (Phi) is 12.9. The molecule has 0 aromatic carbocycles. The maximum atomic E-state index is 10.1. The topological polar surface area (TPSA) is 32.3 Å². The summed E-state index contributed by atoms with van der Waals surface area (Å²) >= 11 is 0. The van der Waals surface area contributed by atoms with Crippen LogP contribution in [0.3, 0.4) is 0 Å². The smallest absolute Gasteiger partial charge is 0.0743 e. The second kappa shape index (κ2) is 12.9. The Bertz CT molecular complexity index is 180. The molecule has 1 atom stereocenters. The van der Waals surface area contributed by atoms with Gasteiger partial charge in [0.05, 0.1) is 5.60 Å². The third kappa shape index (κ3) is 14.1. The van der Waals surface area contributed by atoms with Crippen molar-refractivity contribution >= 4 is 0 Å². The van der Waals surface area contributed by atoms with Crippen LogP contribution in [0.5, 0.6) is 0 Å². The van der Waals surface area contributed by atoms with Crippen molar-refractivity contribution in [2.45, 2.75) is 97.0 Å². The number of unbranched alkanes of at least 4 members (excludes halogenated alkanes) is 9. The second-order valence-corrected chi connectivity index (χ2v) is 6.21. The summed E-state index contributed by atoms with van der Waals surface area (Å²) < 4.78 is 0. The molecule has 0 heterocycles. The molecular formula is C17H37NO. The Morgan fingerprint density at radius 2 is 1.26 bits per heavy atom. The van der Waals surface area contributed by atoms with Crippen LogP contribution in [0.2, 0.25) is 0 Å². The summed E-state index contributed by atoms with van der Waals surface area (Å²) in [7, 11) is 0. The summed E-state index contributed by atoms with van der Waals surface area (Å²) in [5, 5.41) is 13.3. The van der Waals surface area contributed by atoms with Crippen molar-refractivity contribution in [2.24, 2.45) is 0 Å². The third-order valence-corrected chi connectivity index (χ3v) is 3.82. The van der Waals surface area contributed by atoms with Gasteiger partial charge in [-0.25, -0.2) is 0 Å². The molecule has 0 radical (unpaired) electrons. The highest BCUT2D eigenvalue weighted by Gasteiger charge is 2.18. The number of likely N-dealkylation sites (N-methyl/N-ethyl adjacent to an activating group) is 1. The van der Waals surface area contributed by atoms with Crippen LogP contribution in [0.4, 0.5) is 0 Å². The molecule has 0 fully saturated rings. The lowest BCUT2D eigenvalue weighted by Gasteiger charge is -2.23. The van der Waals surface area contributed by atoms with E-state index in [1.54, 1.807) is 0 Å². The molecule has 0 aromatic heterocycles. The molecule has 0 aromatic rings. The highest BCUT2D eigenvalue weighted by Crippen LogP contribution is 2.16. The molecule has 0 aliphatic carbocycles. The van der Waals surface area contributed by atoms with E-state index in [1.807, 2.05) is 6.92 Å². The Hall–Kier alpha value is -0.0800. The van der Waals surface area contributed by atoms with E-state index in [-0.39, 0.29) is 0 Å². The Balaban J connectivity index is 3.21. The standard InChI is InChI=1S/C17H37NO/c1-4-6-7-8-9-10-11-12-13-14-15-17(3,19)16-18-5-2/h18-19H,4-16H2,1-3H3. The van der Waals surface area contributed by atoms with Gasteiger partial charge in [0.1, 0.15) is 0 Å². The van der Waals surface area contributed by atoms with Crippen molar-refractivity contribution in [3.8, 4) is 0 Å². The predicted octanol–water partition coefficient (Wildman–Crippen LogP) is 4.66. The molecule has 19 heavy (non-hydrogen) atoms. The van der Waals surface area contributed by atoms with Crippen LogP contribution in [0.25, 0.3) is 0 Å². The minimum absolute atomic E-state index is 0.518. The van der Waals surface area contributed by atoms with Gasteiger partial charge in [-0.1, -0.05) is 78.1 Å². The SMILES string of the molecule is CCCCCCCCCCCCC(C)(O)CNCC. The van der Waals surface area contributed by atoms with Crippen LogP contribution in [0, 0.1) is 0 Å². The van der Waals surface area contributed by atoms with Crippen LogP contribution < -0.4 is 5.32 Å². The summed E-state index contributed by atoms with van der Waals surface area (Å²) in [5.41, 5.74) is -0.518. The number of nitrogens with one attached hydrogen (secondary N) is 1. The maximum absolute atomic E-state index is 10.1. The van der Waals surface area contributed by atoms with Gasteiger partial charge in [-0.2, -0.15) is 0 Å². The highest BCUT2D eigenvalue weighted by atomic mass is 16.3. The van der Waals surface area contributed by atoms with E-state index >= 15 is 0 Å². The van der Waals surface area contributed by atoms with Crippen molar-refractivity contribution in [3.05, 3.63) is 0 Å². The zero-order chi connectivity index (χ0) is 14.4. The fourth-order valence-electron chi connectivity index (χ4n) is 2.48. The van der Waals surface area contributed by atoms with Gasteiger partial charge in [-0.3, -0.25) is 0 Å². The van der Waals surface area contributed by atoms with Crippen LogP contribution in [-0.4, -0.2) is 23.8 Å². The lowest BCUT2D eigenvalue weighted by molar-refractivity contribution is 0.0486. The quantitative estimate of drug-likeness (QED) is 0.450. The minimum Gasteiger partial charge on any atom is -0.389 e. The number of rotatable bonds is 14. The zero-order valence-electron chi connectivity index (χ0n) is 13.6.